The molecule has 0 aliphatic carbocycles. The molecule has 0 fully saturated rings. The van der Waals surface area contributed by atoms with Crippen LogP contribution in [0, 0.1) is 0 Å². The van der Waals surface area contributed by atoms with Gasteiger partial charge in [-0.2, -0.15) is 5.10 Å². The summed E-state index contributed by atoms with van der Waals surface area (Å²) in [6.45, 7) is 0. The van der Waals surface area contributed by atoms with E-state index in [-0.39, 0.29) is 22.0 Å². The van der Waals surface area contributed by atoms with E-state index < -0.39 is 17.8 Å². The summed E-state index contributed by atoms with van der Waals surface area (Å²) in [7, 11) is 2.95. The minimum atomic E-state index is -1.03. The van der Waals surface area contributed by atoms with Crippen LogP contribution in [0.3, 0.4) is 0 Å². The van der Waals surface area contributed by atoms with Gasteiger partial charge in [0.2, 0.25) is 0 Å². The van der Waals surface area contributed by atoms with E-state index in [0.717, 1.165) is 5.39 Å². The number of methoxy groups -OCH3 is 2. The topological polar surface area (TPSA) is 115 Å². The first-order chi connectivity index (χ1) is 18.8. The lowest BCUT2D eigenvalue weighted by atomic mass is 10.0. The second-order valence-corrected chi connectivity index (χ2v) is 8.75. The number of nitrogens with zero attached hydrogens (tertiary/aromatic N) is 1. The van der Waals surface area contributed by atoms with Crippen molar-refractivity contribution in [1.29, 1.82) is 0 Å². The molecular weight excluding hydrogens is 545 g/mol. The predicted octanol–water partition coefficient (Wildman–Crippen LogP) is 5.47. The number of esters is 1. The number of hydrogen-bond donors (Lipinski definition) is 2. The first-order valence-electron chi connectivity index (χ1n) is 11.4. The van der Waals surface area contributed by atoms with Gasteiger partial charge in [0.25, 0.3) is 0 Å². The van der Waals surface area contributed by atoms with E-state index >= 15 is 0 Å². The maximum atomic E-state index is 13.0. The molecule has 11 heteroatoms. The smallest absolute Gasteiger partial charge is 0.343 e. The fraction of sp³-hybridized carbons (Fsp3) is 0.0714. The van der Waals surface area contributed by atoms with Crippen molar-refractivity contribution in [3.8, 4) is 17.2 Å². The number of hydrogen-bond acceptors (Lipinski definition) is 7. The fourth-order valence-electron chi connectivity index (χ4n) is 3.59. The molecule has 4 aromatic carbocycles. The molecule has 0 aliphatic rings. The number of amides is 2. The molecule has 198 valence electrons. The zero-order valence-electron chi connectivity index (χ0n) is 20.7. The molecule has 0 spiro atoms. The fourth-order valence-corrected chi connectivity index (χ4v) is 3.89. The summed E-state index contributed by atoms with van der Waals surface area (Å²) in [6.07, 6.45) is 1.30. The van der Waals surface area contributed by atoms with Gasteiger partial charge in [-0.3, -0.25) is 9.59 Å². The summed E-state index contributed by atoms with van der Waals surface area (Å²) in [4.78, 5) is 37.5. The average Bonchev–Trinajstić information content (AvgIpc) is 2.95. The highest BCUT2D eigenvalue weighted by Crippen LogP contribution is 2.30. The van der Waals surface area contributed by atoms with Gasteiger partial charge in [-0.15, -0.1) is 0 Å². The van der Waals surface area contributed by atoms with Crippen molar-refractivity contribution >= 4 is 63.7 Å². The molecule has 0 radical (unpaired) electrons. The quantitative estimate of drug-likeness (QED) is 0.101. The van der Waals surface area contributed by atoms with Crippen molar-refractivity contribution in [2.45, 2.75) is 0 Å². The number of nitrogens with one attached hydrogen (secondary N) is 2. The van der Waals surface area contributed by atoms with Gasteiger partial charge in [0.15, 0.2) is 11.5 Å². The van der Waals surface area contributed by atoms with Crippen LogP contribution >= 0.6 is 23.2 Å². The van der Waals surface area contributed by atoms with Crippen LogP contribution in [-0.4, -0.2) is 38.2 Å². The first kappa shape index (κ1) is 27.4. The van der Waals surface area contributed by atoms with E-state index in [4.69, 9.17) is 37.4 Å². The largest absolute Gasteiger partial charge is 0.493 e. The monoisotopic (exact) mass is 565 g/mol. The van der Waals surface area contributed by atoms with Crippen molar-refractivity contribution in [1.82, 2.24) is 5.43 Å². The van der Waals surface area contributed by atoms with Gasteiger partial charge in [-0.1, -0.05) is 53.5 Å². The van der Waals surface area contributed by atoms with Crippen LogP contribution in [0.5, 0.6) is 17.2 Å². The molecule has 0 saturated heterocycles. The van der Waals surface area contributed by atoms with Crippen molar-refractivity contribution in [3.05, 3.63) is 94.0 Å². The van der Waals surface area contributed by atoms with Gasteiger partial charge in [0.1, 0.15) is 5.75 Å². The first-order valence-corrected chi connectivity index (χ1v) is 12.1. The molecule has 4 rings (SSSR count). The number of hydrazone groups is 1. The zero-order chi connectivity index (χ0) is 27.9. The summed E-state index contributed by atoms with van der Waals surface area (Å²) in [5.41, 5.74) is 3.10. The normalized spacial score (nSPS) is 10.8. The van der Waals surface area contributed by atoms with Crippen molar-refractivity contribution in [2.75, 3.05) is 19.5 Å². The van der Waals surface area contributed by atoms with Crippen LogP contribution in [0.4, 0.5) is 5.69 Å². The lowest BCUT2D eigenvalue weighted by molar-refractivity contribution is -0.136. The second-order valence-electron chi connectivity index (χ2n) is 7.94. The van der Waals surface area contributed by atoms with Gasteiger partial charge in [-0.25, -0.2) is 10.2 Å². The summed E-state index contributed by atoms with van der Waals surface area (Å²) < 4.78 is 16.1. The summed E-state index contributed by atoms with van der Waals surface area (Å²) in [5.74, 6) is -1.62. The molecule has 0 atom stereocenters. The van der Waals surface area contributed by atoms with E-state index in [0.29, 0.717) is 27.5 Å². The predicted molar refractivity (Wildman–Crippen MR) is 149 cm³/mol. The Bertz CT molecular complexity index is 1610. The minimum Gasteiger partial charge on any atom is -0.493 e. The summed E-state index contributed by atoms with van der Waals surface area (Å²) in [5, 5.41) is 8.39. The van der Waals surface area contributed by atoms with Crippen LogP contribution in [0.15, 0.2) is 77.9 Å². The molecule has 0 bridgehead atoms. The molecule has 0 heterocycles. The molecule has 2 amide bonds. The molecule has 9 nitrogen and oxygen atoms in total. The van der Waals surface area contributed by atoms with Crippen LogP contribution < -0.4 is 25.0 Å². The Kier molecular flexibility index (Phi) is 8.65. The van der Waals surface area contributed by atoms with Gasteiger partial charge < -0.3 is 19.5 Å². The number of benzene rings is 4. The van der Waals surface area contributed by atoms with Crippen LogP contribution in [0.2, 0.25) is 10.0 Å². The Morgan fingerprint density at radius 3 is 2.28 bits per heavy atom. The van der Waals surface area contributed by atoms with Crippen LogP contribution in [-0.2, 0) is 9.59 Å². The Labute approximate surface area is 233 Å². The molecule has 0 aliphatic heterocycles. The van der Waals surface area contributed by atoms with Gasteiger partial charge in [-0.05, 0) is 53.2 Å². The van der Waals surface area contributed by atoms with E-state index in [9.17, 15) is 14.4 Å². The SMILES string of the molecule is COc1ccc(C(=O)Oc2ccc3ccccc3c2/C=N/NC(=O)C(=O)Nc2ccc(Cl)c(Cl)c2)cc1OC. The van der Waals surface area contributed by atoms with E-state index in [2.05, 4.69) is 15.8 Å². The Morgan fingerprint density at radius 1 is 0.795 bits per heavy atom. The number of carbonyl (C=O) groups is 3. The number of fused-ring (bicyclic) bond motifs is 1. The summed E-state index contributed by atoms with van der Waals surface area (Å²) in [6, 6.07) is 19.8. The lowest BCUT2D eigenvalue weighted by Gasteiger charge is -2.12. The molecule has 4 aromatic rings. The Hall–Kier alpha value is -4.60. The molecule has 2 N–H and O–H groups in total. The van der Waals surface area contributed by atoms with E-state index in [1.54, 1.807) is 24.3 Å². The minimum absolute atomic E-state index is 0.187. The molecule has 0 aromatic heterocycles. The van der Waals surface area contributed by atoms with Crippen LogP contribution in [0.25, 0.3) is 10.8 Å². The third-order valence-corrected chi connectivity index (χ3v) is 6.24. The van der Waals surface area contributed by atoms with Crippen molar-refractivity contribution in [2.24, 2.45) is 5.10 Å². The van der Waals surface area contributed by atoms with Crippen molar-refractivity contribution in [3.63, 3.8) is 0 Å². The number of rotatable bonds is 7. The second kappa shape index (κ2) is 12.3. The van der Waals surface area contributed by atoms with Gasteiger partial charge in [0.05, 0.1) is 36.0 Å². The number of ether oxygens (including phenoxy) is 3. The third kappa shape index (κ3) is 6.46. The van der Waals surface area contributed by atoms with Crippen molar-refractivity contribution < 1.29 is 28.6 Å². The van der Waals surface area contributed by atoms with E-state index in [1.165, 1.54) is 44.7 Å². The van der Waals surface area contributed by atoms with Crippen LogP contribution in [0.1, 0.15) is 15.9 Å². The maximum Gasteiger partial charge on any atom is 0.343 e. The summed E-state index contributed by atoms with van der Waals surface area (Å²) >= 11 is 11.8. The highest BCUT2D eigenvalue weighted by molar-refractivity contribution is 6.43. The molecular formula is C28H21Cl2N3O6. The Balaban J connectivity index is 1.55. The highest BCUT2D eigenvalue weighted by Gasteiger charge is 2.17. The number of carbonyl (C=O) groups excluding carboxylic acids is 3. The highest BCUT2D eigenvalue weighted by atomic mass is 35.5. The van der Waals surface area contributed by atoms with Gasteiger partial charge >= 0.3 is 17.8 Å². The molecule has 0 saturated carbocycles. The Morgan fingerprint density at radius 2 is 1.54 bits per heavy atom. The zero-order valence-corrected chi connectivity index (χ0v) is 22.2. The lowest BCUT2D eigenvalue weighted by Crippen LogP contribution is -2.32. The molecule has 39 heavy (non-hydrogen) atoms. The van der Waals surface area contributed by atoms with Gasteiger partial charge in [0, 0.05) is 11.3 Å². The number of halogens is 2. The average molecular weight is 566 g/mol. The number of anilines is 1. The standard InChI is InChI=1S/C28H21Cl2N3O6/c1-37-24-12-8-17(13-25(24)38-2)28(36)39-23-11-7-16-5-3-4-6-19(16)20(23)15-31-33-27(35)26(34)32-18-9-10-21(29)22(30)14-18/h3-15H,1-2H3,(H,32,34)(H,33,35)/b31-15+. The third-order valence-electron chi connectivity index (χ3n) is 5.50. The maximum absolute atomic E-state index is 13.0. The molecule has 0 unspecified atom stereocenters. The van der Waals surface area contributed by atoms with E-state index in [1.807, 2.05) is 24.3 Å².